The summed E-state index contributed by atoms with van der Waals surface area (Å²) < 4.78 is 5.51. The van der Waals surface area contributed by atoms with E-state index in [4.69, 9.17) is 4.74 Å². The molecular formula is C16H31NO3. The molecule has 0 fully saturated rings. The number of nitrogens with zero attached hydrogens (tertiary/aromatic N) is 1. The van der Waals surface area contributed by atoms with Gasteiger partial charge in [-0.3, -0.25) is 14.5 Å². The number of ketones is 1. The lowest BCUT2D eigenvalue weighted by molar-refractivity contribution is -0.157. The molecule has 0 saturated carbocycles. The number of hydrogen-bond donors (Lipinski definition) is 0. The third-order valence-corrected chi connectivity index (χ3v) is 3.93. The topological polar surface area (TPSA) is 46.6 Å². The van der Waals surface area contributed by atoms with E-state index in [2.05, 4.69) is 0 Å². The average Bonchev–Trinajstić information content (AvgIpc) is 2.35. The first kappa shape index (κ1) is 19.1. The second-order valence-corrected chi connectivity index (χ2v) is 6.22. The normalized spacial score (nSPS) is 16.4. The molecule has 0 bridgehead atoms. The van der Waals surface area contributed by atoms with Gasteiger partial charge in [-0.2, -0.15) is 0 Å². The molecule has 0 aromatic heterocycles. The van der Waals surface area contributed by atoms with Crippen molar-refractivity contribution in [3.63, 3.8) is 0 Å². The van der Waals surface area contributed by atoms with E-state index in [1.807, 2.05) is 53.5 Å². The highest BCUT2D eigenvalue weighted by Gasteiger charge is 2.38. The van der Waals surface area contributed by atoms with E-state index in [0.29, 0.717) is 0 Å². The van der Waals surface area contributed by atoms with Gasteiger partial charge in [-0.1, -0.05) is 27.7 Å². The van der Waals surface area contributed by atoms with Crippen LogP contribution in [0.25, 0.3) is 0 Å². The van der Waals surface area contributed by atoms with Gasteiger partial charge in [0.05, 0.1) is 0 Å². The van der Waals surface area contributed by atoms with Crippen molar-refractivity contribution >= 4 is 11.8 Å². The molecule has 1 unspecified atom stereocenters. The zero-order chi connectivity index (χ0) is 16.0. The number of likely N-dealkylation sites (N-methyl/N-ethyl adjacent to an activating group) is 1. The number of esters is 1. The van der Waals surface area contributed by atoms with Crippen LogP contribution in [0, 0.1) is 11.8 Å². The summed E-state index contributed by atoms with van der Waals surface area (Å²) in [5.74, 6) is -0.127. The molecule has 0 heterocycles. The van der Waals surface area contributed by atoms with Gasteiger partial charge in [0.15, 0.2) is 5.78 Å². The first-order valence-electron chi connectivity index (χ1n) is 7.56. The van der Waals surface area contributed by atoms with E-state index in [-0.39, 0.29) is 41.8 Å². The molecule has 0 saturated heterocycles. The maximum atomic E-state index is 12.6. The third-order valence-electron chi connectivity index (χ3n) is 3.93. The maximum Gasteiger partial charge on any atom is 0.302 e. The third kappa shape index (κ3) is 5.23. The lowest BCUT2D eigenvalue weighted by Gasteiger charge is -2.38. The van der Waals surface area contributed by atoms with Gasteiger partial charge in [0.25, 0.3) is 0 Å². The Kier molecular flexibility index (Phi) is 8.02. The van der Waals surface area contributed by atoms with Crippen molar-refractivity contribution in [1.82, 2.24) is 4.90 Å². The first-order chi connectivity index (χ1) is 9.13. The Morgan fingerprint density at radius 2 is 1.60 bits per heavy atom. The summed E-state index contributed by atoms with van der Waals surface area (Å²) in [5, 5.41) is 0. The minimum atomic E-state index is -0.389. The Bertz CT molecular complexity index is 326. The maximum absolute atomic E-state index is 12.6. The molecule has 0 N–H and O–H groups in total. The van der Waals surface area contributed by atoms with Crippen LogP contribution in [-0.4, -0.2) is 41.9 Å². The van der Waals surface area contributed by atoms with Crippen LogP contribution in [0.15, 0.2) is 0 Å². The molecule has 0 aromatic rings. The summed E-state index contributed by atoms with van der Waals surface area (Å²) >= 11 is 0. The van der Waals surface area contributed by atoms with Gasteiger partial charge in [0.1, 0.15) is 12.1 Å². The summed E-state index contributed by atoms with van der Waals surface area (Å²) in [7, 11) is 1.93. The van der Waals surface area contributed by atoms with Crippen molar-refractivity contribution in [2.75, 3.05) is 7.05 Å². The molecule has 4 nitrogen and oxygen atoms in total. The lowest BCUT2D eigenvalue weighted by atomic mass is 9.87. The summed E-state index contributed by atoms with van der Waals surface area (Å²) in [4.78, 5) is 26.0. The largest absolute Gasteiger partial charge is 0.460 e. The van der Waals surface area contributed by atoms with E-state index in [0.717, 1.165) is 6.42 Å². The molecule has 20 heavy (non-hydrogen) atoms. The Morgan fingerprint density at radius 3 is 1.90 bits per heavy atom. The Hall–Kier alpha value is -0.900. The zero-order valence-corrected chi connectivity index (χ0v) is 14.3. The molecule has 0 radical (unpaired) electrons. The molecule has 0 aromatic carbocycles. The first-order valence-corrected chi connectivity index (χ1v) is 7.56. The van der Waals surface area contributed by atoms with Crippen molar-refractivity contribution in [3.8, 4) is 0 Å². The van der Waals surface area contributed by atoms with Crippen LogP contribution in [0.2, 0.25) is 0 Å². The number of carbonyl (C=O) groups is 2. The molecule has 0 amide bonds. The van der Waals surface area contributed by atoms with Crippen molar-refractivity contribution in [3.05, 3.63) is 0 Å². The molecule has 118 valence electrons. The summed E-state index contributed by atoms with van der Waals surface area (Å²) in [6, 6.07) is -0.168. The Balaban J connectivity index is 5.50. The molecule has 0 spiro atoms. The van der Waals surface area contributed by atoms with Gasteiger partial charge in [-0.25, -0.2) is 0 Å². The highest BCUT2D eigenvalue weighted by atomic mass is 16.5. The second-order valence-electron chi connectivity index (χ2n) is 6.22. The summed E-state index contributed by atoms with van der Waals surface area (Å²) in [6.45, 7) is 13.4. The predicted molar refractivity (Wildman–Crippen MR) is 81.5 cm³/mol. The van der Waals surface area contributed by atoms with Gasteiger partial charge < -0.3 is 4.74 Å². The fraction of sp³-hybridized carbons (Fsp3) is 0.875. The minimum Gasteiger partial charge on any atom is -0.460 e. The van der Waals surface area contributed by atoms with Crippen molar-refractivity contribution in [1.29, 1.82) is 0 Å². The number of Topliss-reactive ketones (excluding diaryl/α,β-unsaturated/α-hetero) is 1. The van der Waals surface area contributed by atoms with Gasteiger partial charge in [0, 0.05) is 18.9 Å². The van der Waals surface area contributed by atoms with Crippen LogP contribution in [0.3, 0.4) is 0 Å². The van der Waals surface area contributed by atoms with E-state index >= 15 is 0 Å². The summed E-state index contributed by atoms with van der Waals surface area (Å²) in [6.07, 6.45) is 0.478. The van der Waals surface area contributed by atoms with E-state index in [9.17, 15) is 9.59 Å². The van der Waals surface area contributed by atoms with E-state index < -0.39 is 0 Å². The van der Waals surface area contributed by atoms with Crippen LogP contribution in [0.1, 0.15) is 54.9 Å². The highest BCUT2D eigenvalue weighted by Crippen LogP contribution is 2.23. The summed E-state index contributed by atoms with van der Waals surface area (Å²) in [5.41, 5.74) is 0. The van der Waals surface area contributed by atoms with Crippen LogP contribution < -0.4 is 0 Å². The predicted octanol–water partition coefficient (Wildman–Crippen LogP) is 2.90. The van der Waals surface area contributed by atoms with Gasteiger partial charge in [-0.15, -0.1) is 0 Å². The molecule has 0 rings (SSSR count). The van der Waals surface area contributed by atoms with Crippen LogP contribution in [-0.2, 0) is 14.3 Å². The highest BCUT2D eigenvalue weighted by molar-refractivity contribution is 5.86. The zero-order valence-electron chi connectivity index (χ0n) is 14.3. The van der Waals surface area contributed by atoms with Gasteiger partial charge in [-0.05, 0) is 33.2 Å². The molecule has 0 aliphatic rings. The number of carbonyl (C=O) groups excluding carboxylic acids is 2. The van der Waals surface area contributed by atoms with E-state index in [1.54, 1.807) is 0 Å². The smallest absolute Gasteiger partial charge is 0.302 e. The van der Waals surface area contributed by atoms with Crippen molar-refractivity contribution in [2.45, 2.75) is 73.1 Å². The fourth-order valence-electron chi connectivity index (χ4n) is 2.17. The standard InChI is InChI=1S/C16H31NO3/c1-9-12(6)16(20-13(7)18)14(15(19)10(2)3)17(8)11(4)5/h10-12,14,16H,9H2,1-8H3/t12-,14?,16-/m1/s1. The molecular weight excluding hydrogens is 254 g/mol. The van der Waals surface area contributed by atoms with Crippen molar-refractivity contribution in [2.24, 2.45) is 11.8 Å². The minimum absolute atomic E-state index is 0.0803. The lowest BCUT2D eigenvalue weighted by Crippen LogP contribution is -2.54. The number of ether oxygens (including phenoxy) is 1. The van der Waals surface area contributed by atoms with Crippen molar-refractivity contribution < 1.29 is 14.3 Å². The van der Waals surface area contributed by atoms with Crippen LogP contribution in [0.5, 0.6) is 0 Å². The average molecular weight is 285 g/mol. The van der Waals surface area contributed by atoms with Crippen LogP contribution in [0.4, 0.5) is 0 Å². The van der Waals surface area contributed by atoms with Gasteiger partial charge in [0.2, 0.25) is 0 Å². The quantitative estimate of drug-likeness (QED) is 0.643. The number of rotatable bonds is 8. The molecule has 4 heteroatoms. The molecule has 3 atom stereocenters. The monoisotopic (exact) mass is 285 g/mol. The Labute approximate surface area is 123 Å². The fourth-order valence-corrected chi connectivity index (χ4v) is 2.17. The van der Waals surface area contributed by atoms with E-state index in [1.165, 1.54) is 6.92 Å². The molecule has 0 aliphatic heterocycles. The van der Waals surface area contributed by atoms with Gasteiger partial charge >= 0.3 is 5.97 Å². The Morgan fingerprint density at radius 1 is 1.10 bits per heavy atom. The second kappa shape index (κ2) is 8.40. The van der Waals surface area contributed by atoms with Crippen LogP contribution >= 0.6 is 0 Å². The molecule has 0 aliphatic carbocycles. The SMILES string of the molecule is CC[C@@H](C)[C@@H](OC(C)=O)C(C(=O)C(C)C)N(C)C(C)C. The number of hydrogen-bond acceptors (Lipinski definition) is 4.